The summed E-state index contributed by atoms with van der Waals surface area (Å²) in [6, 6.07) is 11.2. The van der Waals surface area contributed by atoms with Crippen LogP contribution in [0.5, 0.6) is 11.5 Å². The third kappa shape index (κ3) is 12.7. The molecule has 0 aliphatic carbocycles. The number of hydrogen-bond donors (Lipinski definition) is 0. The lowest BCUT2D eigenvalue weighted by Crippen LogP contribution is -2.42. The minimum Gasteiger partial charge on any atom is -0.494 e. The van der Waals surface area contributed by atoms with E-state index >= 15 is 0 Å². The smallest absolute Gasteiger partial charge is 0.436 e. The molecule has 0 radical (unpaired) electrons. The zero-order valence-electron chi connectivity index (χ0n) is 23.7. The van der Waals surface area contributed by atoms with Gasteiger partial charge >= 0.3 is 24.1 Å². The number of carbonyl (C=O) groups is 3. The zero-order chi connectivity index (χ0) is 30.1. The van der Waals surface area contributed by atoms with E-state index in [1.165, 1.54) is 44.2 Å². The Balaban J connectivity index is 1.84. The van der Waals surface area contributed by atoms with Crippen molar-refractivity contribution in [3.05, 3.63) is 59.7 Å². The molecule has 2 rings (SSSR count). The number of carbonyl (C=O) groups excluding carboxylic acids is 3. The SMILES string of the molecule is CCCCCCCCCOc1ccc(C(=O)Oc2ccc(C(=O)OC(C(=O)OCCCCC)C(F)(F)F)cc2)cc1. The van der Waals surface area contributed by atoms with Gasteiger partial charge in [-0.3, -0.25) is 0 Å². The maximum absolute atomic E-state index is 13.3. The molecule has 0 fully saturated rings. The summed E-state index contributed by atoms with van der Waals surface area (Å²) < 4.78 is 60.0. The summed E-state index contributed by atoms with van der Waals surface area (Å²) in [5, 5.41) is 0. The standard InChI is InChI=1S/C31H39F3O7/c1-3-5-7-8-9-10-12-21-38-25-17-13-23(14-18-25)28(35)40-26-19-15-24(16-20-26)29(36)41-27(31(32,33)34)30(37)39-22-11-6-4-2/h13-20,27H,3-12,21-22H2,1-2H3. The van der Waals surface area contributed by atoms with Crippen LogP contribution in [0.15, 0.2) is 48.5 Å². The summed E-state index contributed by atoms with van der Waals surface area (Å²) in [4.78, 5) is 36.6. The molecular formula is C31H39F3O7. The lowest BCUT2D eigenvalue weighted by atomic mass is 10.1. The Morgan fingerprint density at radius 1 is 0.659 bits per heavy atom. The first kappa shape index (κ1) is 33.6. The number of benzene rings is 2. The molecule has 0 bridgehead atoms. The lowest BCUT2D eigenvalue weighted by molar-refractivity contribution is -0.218. The summed E-state index contributed by atoms with van der Waals surface area (Å²) >= 11 is 0. The van der Waals surface area contributed by atoms with E-state index in [-0.39, 0.29) is 23.5 Å². The molecule has 10 heteroatoms. The number of ether oxygens (including phenoxy) is 4. The predicted molar refractivity (Wildman–Crippen MR) is 147 cm³/mol. The van der Waals surface area contributed by atoms with E-state index in [1.807, 2.05) is 6.92 Å². The minimum absolute atomic E-state index is 0.0634. The van der Waals surface area contributed by atoms with Gasteiger partial charge in [0.05, 0.1) is 24.3 Å². The maximum atomic E-state index is 13.3. The molecule has 7 nitrogen and oxygen atoms in total. The third-order valence-corrected chi connectivity index (χ3v) is 6.14. The number of hydrogen-bond acceptors (Lipinski definition) is 7. The summed E-state index contributed by atoms with van der Waals surface area (Å²) in [6.07, 6.45) is 1.96. The molecule has 1 atom stereocenters. The van der Waals surface area contributed by atoms with Gasteiger partial charge in [-0.05, 0) is 61.4 Å². The van der Waals surface area contributed by atoms with Crippen LogP contribution in [0.3, 0.4) is 0 Å². The molecule has 0 heterocycles. The molecule has 1 unspecified atom stereocenters. The van der Waals surface area contributed by atoms with Crippen LogP contribution in [0.2, 0.25) is 0 Å². The molecule has 0 saturated heterocycles. The van der Waals surface area contributed by atoms with Gasteiger partial charge < -0.3 is 18.9 Å². The van der Waals surface area contributed by atoms with E-state index in [0.29, 0.717) is 25.2 Å². The number of alkyl halides is 3. The predicted octanol–water partition coefficient (Wildman–Crippen LogP) is 7.86. The van der Waals surface area contributed by atoms with Crippen molar-refractivity contribution in [1.82, 2.24) is 0 Å². The highest BCUT2D eigenvalue weighted by Crippen LogP contribution is 2.26. The molecule has 0 amide bonds. The normalized spacial score (nSPS) is 11.9. The molecular weight excluding hydrogens is 541 g/mol. The molecule has 0 spiro atoms. The first-order valence-corrected chi connectivity index (χ1v) is 14.1. The Labute approximate surface area is 239 Å². The van der Waals surface area contributed by atoms with Crippen molar-refractivity contribution in [2.45, 2.75) is 90.3 Å². The molecule has 0 saturated carbocycles. The average Bonchev–Trinajstić information content (AvgIpc) is 2.95. The topological polar surface area (TPSA) is 88.1 Å². The summed E-state index contributed by atoms with van der Waals surface area (Å²) in [7, 11) is 0. The molecule has 2 aromatic carbocycles. The molecule has 41 heavy (non-hydrogen) atoms. The Bertz CT molecular complexity index is 1070. The maximum Gasteiger partial charge on any atom is 0.436 e. The molecule has 226 valence electrons. The fraction of sp³-hybridized carbons (Fsp3) is 0.516. The molecule has 0 aliphatic rings. The first-order valence-electron chi connectivity index (χ1n) is 14.1. The molecule has 2 aromatic rings. The van der Waals surface area contributed by atoms with Crippen LogP contribution in [-0.2, 0) is 14.3 Å². The monoisotopic (exact) mass is 580 g/mol. The van der Waals surface area contributed by atoms with Crippen molar-refractivity contribution in [3.8, 4) is 11.5 Å². The van der Waals surface area contributed by atoms with Crippen LogP contribution in [0.4, 0.5) is 13.2 Å². The quantitative estimate of drug-likeness (QED) is 0.101. The van der Waals surface area contributed by atoms with E-state index in [0.717, 1.165) is 31.4 Å². The molecule has 0 aromatic heterocycles. The number of esters is 3. The van der Waals surface area contributed by atoms with E-state index in [2.05, 4.69) is 16.4 Å². The third-order valence-electron chi connectivity index (χ3n) is 6.14. The number of halogens is 3. The van der Waals surface area contributed by atoms with Crippen LogP contribution >= 0.6 is 0 Å². The van der Waals surface area contributed by atoms with Gasteiger partial charge in [0.25, 0.3) is 6.10 Å². The Kier molecular flexibility index (Phi) is 14.8. The number of unbranched alkanes of at least 4 members (excludes halogenated alkanes) is 8. The van der Waals surface area contributed by atoms with Gasteiger partial charge in [-0.1, -0.05) is 65.2 Å². The molecule has 0 N–H and O–H groups in total. The fourth-order valence-corrected chi connectivity index (χ4v) is 3.79. The van der Waals surface area contributed by atoms with E-state index < -0.39 is 30.2 Å². The van der Waals surface area contributed by atoms with Crippen molar-refractivity contribution in [1.29, 1.82) is 0 Å². The summed E-state index contributed by atoms with van der Waals surface area (Å²) in [5.41, 5.74) is 0.00233. The van der Waals surface area contributed by atoms with Gasteiger partial charge in [0.1, 0.15) is 11.5 Å². The van der Waals surface area contributed by atoms with E-state index in [9.17, 15) is 27.6 Å². The summed E-state index contributed by atoms with van der Waals surface area (Å²) in [6.45, 7) is 4.47. The molecule has 0 aliphatic heterocycles. The average molecular weight is 581 g/mol. The van der Waals surface area contributed by atoms with Crippen LogP contribution in [0, 0.1) is 0 Å². The van der Waals surface area contributed by atoms with Crippen LogP contribution in [0.1, 0.15) is 98.8 Å². The summed E-state index contributed by atoms with van der Waals surface area (Å²) in [5.74, 6) is -3.02. The van der Waals surface area contributed by atoms with E-state index in [1.54, 1.807) is 24.3 Å². The van der Waals surface area contributed by atoms with Gasteiger partial charge in [0.2, 0.25) is 0 Å². The van der Waals surface area contributed by atoms with Crippen LogP contribution < -0.4 is 9.47 Å². The van der Waals surface area contributed by atoms with Crippen molar-refractivity contribution in [2.75, 3.05) is 13.2 Å². The Morgan fingerprint density at radius 2 is 1.15 bits per heavy atom. The second-order valence-corrected chi connectivity index (χ2v) is 9.61. The van der Waals surface area contributed by atoms with Crippen molar-refractivity contribution in [3.63, 3.8) is 0 Å². The highest BCUT2D eigenvalue weighted by atomic mass is 19.4. The minimum atomic E-state index is -5.14. The second kappa shape index (κ2) is 18.0. The first-order chi connectivity index (χ1) is 19.7. The fourth-order valence-electron chi connectivity index (χ4n) is 3.79. The van der Waals surface area contributed by atoms with Crippen molar-refractivity contribution < 1.29 is 46.5 Å². The van der Waals surface area contributed by atoms with Gasteiger partial charge in [-0.25, -0.2) is 14.4 Å². The van der Waals surface area contributed by atoms with Gasteiger partial charge in [0, 0.05) is 0 Å². The van der Waals surface area contributed by atoms with Crippen LogP contribution in [-0.4, -0.2) is 43.4 Å². The van der Waals surface area contributed by atoms with E-state index in [4.69, 9.17) is 9.47 Å². The Hall–Kier alpha value is -3.56. The highest BCUT2D eigenvalue weighted by molar-refractivity contribution is 5.93. The highest BCUT2D eigenvalue weighted by Gasteiger charge is 2.49. The van der Waals surface area contributed by atoms with Gasteiger partial charge in [-0.15, -0.1) is 0 Å². The number of rotatable bonds is 18. The van der Waals surface area contributed by atoms with Gasteiger partial charge in [0.15, 0.2) is 0 Å². The lowest BCUT2D eigenvalue weighted by Gasteiger charge is -2.19. The largest absolute Gasteiger partial charge is 0.494 e. The van der Waals surface area contributed by atoms with Crippen LogP contribution in [0.25, 0.3) is 0 Å². The second-order valence-electron chi connectivity index (χ2n) is 9.61. The van der Waals surface area contributed by atoms with Crippen molar-refractivity contribution >= 4 is 17.9 Å². The van der Waals surface area contributed by atoms with Gasteiger partial charge in [-0.2, -0.15) is 13.2 Å². The Morgan fingerprint density at radius 3 is 1.73 bits per heavy atom. The zero-order valence-corrected chi connectivity index (χ0v) is 23.7. The van der Waals surface area contributed by atoms with Crippen molar-refractivity contribution in [2.24, 2.45) is 0 Å².